The smallest absolute Gasteiger partial charge is 0.240 e. The molecule has 3 rings (SSSR count). The van der Waals surface area contributed by atoms with Gasteiger partial charge in [-0.1, -0.05) is 29.8 Å². The van der Waals surface area contributed by atoms with Crippen molar-refractivity contribution < 1.29 is 17.6 Å². The first-order valence-electron chi connectivity index (χ1n) is 8.05. The van der Waals surface area contributed by atoms with Crippen molar-refractivity contribution in [1.82, 2.24) is 14.9 Å². The van der Waals surface area contributed by atoms with Gasteiger partial charge < -0.3 is 9.88 Å². The van der Waals surface area contributed by atoms with E-state index in [1.54, 1.807) is 28.8 Å². The van der Waals surface area contributed by atoms with Gasteiger partial charge in [0.1, 0.15) is 23.9 Å². The van der Waals surface area contributed by atoms with Crippen molar-refractivity contribution in [2.45, 2.75) is 18.8 Å². The zero-order valence-corrected chi connectivity index (χ0v) is 16.0. The summed E-state index contributed by atoms with van der Waals surface area (Å²) in [6.45, 7) is 0.0904. The zero-order valence-electron chi connectivity index (χ0n) is 14.4. The number of halogens is 2. The van der Waals surface area contributed by atoms with Crippen LogP contribution in [0.15, 0.2) is 42.5 Å². The Kier molecular flexibility index (Phi) is 5.48. The molecule has 1 amide bonds. The van der Waals surface area contributed by atoms with Crippen LogP contribution in [0.4, 0.5) is 4.39 Å². The lowest BCUT2D eigenvalue weighted by Crippen LogP contribution is -2.28. The molecule has 1 N–H and O–H groups in total. The van der Waals surface area contributed by atoms with Crippen molar-refractivity contribution in [3.8, 4) is 0 Å². The molecule has 0 radical (unpaired) electrons. The van der Waals surface area contributed by atoms with Crippen molar-refractivity contribution in [2.75, 3.05) is 6.26 Å². The quantitative estimate of drug-likeness (QED) is 0.678. The first kappa shape index (κ1) is 19.3. The summed E-state index contributed by atoms with van der Waals surface area (Å²) >= 11 is 5.73. The minimum atomic E-state index is -3.31. The number of carbonyl (C=O) groups excluding carboxylic acids is 1. The summed E-state index contributed by atoms with van der Waals surface area (Å²) < 4.78 is 38.2. The Morgan fingerprint density at radius 1 is 1.26 bits per heavy atom. The standard InChI is InChI=1S/C18H17ClFN3O3S/c1-27(25,26)11-17-22-15-4-2-3-5-16(15)23(17)10-18(24)21-9-12-6-7-14(20)13(19)8-12/h2-8H,9-11H2,1H3,(H,21,24). The number of para-hydroxylation sites is 2. The predicted octanol–water partition coefficient (Wildman–Crippen LogP) is 2.69. The van der Waals surface area contributed by atoms with Crippen molar-refractivity contribution >= 4 is 38.4 Å². The molecule has 0 saturated heterocycles. The van der Waals surface area contributed by atoms with Gasteiger partial charge in [-0.05, 0) is 29.8 Å². The summed E-state index contributed by atoms with van der Waals surface area (Å²) in [6.07, 6.45) is 1.12. The van der Waals surface area contributed by atoms with Gasteiger partial charge in [0.15, 0.2) is 9.84 Å². The second kappa shape index (κ2) is 7.66. The van der Waals surface area contributed by atoms with Crippen LogP contribution < -0.4 is 5.32 Å². The lowest BCUT2D eigenvalue weighted by Gasteiger charge is -2.10. The predicted molar refractivity (Wildman–Crippen MR) is 102 cm³/mol. The summed E-state index contributed by atoms with van der Waals surface area (Å²) in [5, 5.41) is 2.70. The maximum Gasteiger partial charge on any atom is 0.240 e. The number of hydrogen-bond donors (Lipinski definition) is 1. The maximum atomic E-state index is 13.2. The maximum absolute atomic E-state index is 13.2. The lowest BCUT2D eigenvalue weighted by molar-refractivity contribution is -0.121. The highest BCUT2D eigenvalue weighted by Crippen LogP contribution is 2.18. The molecule has 6 nitrogen and oxygen atoms in total. The fourth-order valence-corrected chi connectivity index (χ4v) is 3.59. The Balaban J connectivity index is 1.79. The van der Waals surface area contributed by atoms with Crippen molar-refractivity contribution in [3.05, 3.63) is 64.7 Å². The minimum Gasteiger partial charge on any atom is -0.350 e. The molecule has 0 atom stereocenters. The van der Waals surface area contributed by atoms with E-state index in [-0.39, 0.29) is 29.8 Å². The molecule has 0 aliphatic rings. The number of nitrogens with zero attached hydrogens (tertiary/aromatic N) is 2. The van der Waals surface area contributed by atoms with Gasteiger partial charge in [0, 0.05) is 12.8 Å². The molecule has 9 heteroatoms. The molecule has 3 aromatic rings. The van der Waals surface area contributed by atoms with Crippen LogP contribution in [0.1, 0.15) is 11.4 Å². The number of carbonyl (C=O) groups is 1. The van der Waals surface area contributed by atoms with Crippen LogP contribution in [0.25, 0.3) is 11.0 Å². The van der Waals surface area contributed by atoms with Crippen LogP contribution in [0.2, 0.25) is 5.02 Å². The molecule has 0 aliphatic carbocycles. The number of fused-ring (bicyclic) bond motifs is 1. The average molecular weight is 410 g/mol. The molecule has 142 valence electrons. The number of benzene rings is 2. The summed E-state index contributed by atoms with van der Waals surface area (Å²) in [4.78, 5) is 16.7. The van der Waals surface area contributed by atoms with Gasteiger partial charge in [-0.3, -0.25) is 4.79 Å². The molecule has 0 bridgehead atoms. The highest BCUT2D eigenvalue weighted by atomic mass is 35.5. The summed E-state index contributed by atoms with van der Waals surface area (Å²) in [5.41, 5.74) is 1.95. The van der Waals surface area contributed by atoms with E-state index >= 15 is 0 Å². The molecule has 0 fully saturated rings. The van der Waals surface area contributed by atoms with Crippen LogP contribution in [0.5, 0.6) is 0 Å². The Bertz CT molecular complexity index is 1110. The van der Waals surface area contributed by atoms with Crippen molar-refractivity contribution in [3.63, 3.8) is 0 Å². The molecule has 0 unspecified atom stereocenters. The topological polar surface area (TPSA) is 81.1 Å². The molecular weight excluding hydrogens is 393 g/mol. The Morgan fingerprint density at radius 3 is 2.70 bits per heavy atom. The van der Waals surface area contributed by atoms with E-state index in [1.165, 1.54) is 18.2 Å². The Hall–Kier alpha value is -2.45. The molecule has 27 heavy (non-hydrogen) atoms. The number of imidazole rings is 1. The first-order valence-corrected chi connectivity index (χ1v) is 10.5. The SMILES string of the molecule is CS(=O)(=O)Cc1nc2ccccc2n1CC(=O)NCc1ccc(F)c(Cl)c1. The molecule has 0 saturated carbocycles. The summed E-state index contributed by atoms with van der Waals surface area (Å²) in [7, 11) is -3.31. The third-order valence-electron chi connectivity index (χ3n) is 3.90. The number of sulfone groups is 1. The highest BCUT2D eigenvalue weighted by Gasteiger charge is 2.17. The van der Waals surface area contributed by atoms with E-state index < -0.39 is 15.7 Å². The number of rotatable bonds is 6. The fourth-order valence-electron chi connectivity index (χ4n) is 2.70. The van der Waals surface area contributed by atoms with Crippen LogP contribution in [0, 0.1) is 5.82 Å². The van der Waals surface area contributed by atoms with E-state index in [0.29, 0.717) is 22.4 Å². The molecule has 1 aromatic heterocycles. The van der Waals surface area contributed by atoms with Gasteiger partial charge in [0.05, 0.1) is 16.1 Å². The second-order valence-electron chi connectivity index (χ2n) is 6.20. The molecular formula is C18H17ClFN3O3S. The minimum absolute atomic E-state index is 0.0159. The number of aromatic nitrogens is 2. The van der Waals surface area contributed by atoms with E-state index in [2.05, 4.69) is 10.3 Å². The third-order valence-corrected chi connectivity index (χ3v) is 4.97. The summed E-state index contributed by atoms with van der Waals surface area (Å²) in [5.74, 6) is -0.809. The highest BCUT2D eigenvalue weighted by molar-refractivity contribution is 7.89. The van der Waals surface area contributed by atoms with E-state index in [9.17, 15) is 17.6 Å². The summed E-state index contributed by atoms with van der Waals surface area (Å²) in [6, 6.07) is 11.3. The number of nitrogens with one attached hydrogen (secondary N) is 1. The van der Waals surface area contributed by atoms with Gasteiger partial charge in [-0.15, -0.1) is 0 Å². The van der Waals surface area contributed by atoms with E-state index in [1.807, 2.05) is 0 Å². The van der Waals surface area contributed by atoms with E-state index in [0.717, 1.165) is 6.26 Å². The monoisotopic (exact) mass is 409 g/mol. The fraction of sp³-hybridized carbons (Fsp3) is 0.222. The van der Waals surface area contributed by atoms with Crippen LogP contribution in [-0.4, -0.2) is 30.1 Å². The zero-order chi connectivity index (χ0) is 19.6. The second-order valence-corrected chi connectivity index (χ2v) is 8.75. The van der Waals surface area contributed by atoms with Crippen molar-refractivity contribution in [1.29, 1.82) is 0 Å². The number of amides is 1. The first-order chi connectivity index (χ1) is 12.7. The van der Waals surface area contributed by atoms with Gasteiger partial charge in [0.2, 0.25) is 5.91 Å². The molecule has 0 aliphatic heterocycles. The largest absolute Gasteiger partial charge is 0.350 e. The van der Waals surface area contributed by atoms with Gasteiger partial charge in [-0.2, -0.15) is 0 Å². The molecule has 2 aromatic carbocycles. The van der Waals surface area contributed by atoms with Crippen LogP contribution in [0.3, 0.4) is 0 Å². The molecule has 0 spiro atoms. The number of hydrogen-bond acceptors (Lipinski definition) is 4. The molecule has 1 heterocycles. The third kappa shape index (κ3) is 4.84. The average Bonchev–Trinajstić information content (AvgIpc) is 2.91. The van der Waals surface area contributed by atoms with Gasteiger partial charge >= 0.3 is 0 Å². The van der Waals surface area contributed by atoms with Crippen molar-refractivity contribution in [2.24, 2.45) is 0 Å². The van der Waals surface area contributed by atoms with Crippen LogP contribution in [-0.2, 0) is 33.5 Å². The lowest BCUT2D eigenvalue weighted by atomic mass is 10.2. The van der Waals surface area contributed by atoms with Gasteiger partial charge in [-0.25, -0.2) is 17.8 Å². The Morgan fingerprint density at radius 2 is 2.00 bits per heavy atom. The van der Waals surface area contributed by atoms with Crippen LogP contribution >= 0.6 is 11.6 Å². The normalized spacial score (nSPS) is 11.7. The Labute approximate surface area is 160 Å². The van der Waals surface area contributed by atoms with E-state index in [4.69, 9.17) is 11.6 Å². The van der Waals surface area contributed by atoms with Gasteiger partial charge in [0.25, 0.3) is 0 Å².